The highest BCUT2D eigenvalue weighted by Gasteiger charge is 2.66. The number of halogens is 1. The lowest BCUT2D eigenvalue weighted by atomic mass is 9.47. The zero-order valence-electron chi connectivity index (χ0n) is 15.2. The average Bonchev–Trinajstić information content (AvgIpc) is 2.82. The molecule has 0 aromatic rings. The first-order chi connectivity index (χ1) is 11.6. The van der Waals surface area contributed by atoms with Crippen LogP contribution in [0, 0.1) is 28.6 Å². The monoisotopic (exact) mass is 362 g/mol. The number of hydrogen-bond acceptors (Lipinski definition) is 3. The Hall–Kier alpha value is -0.930. The van der Waals surface area contributed by atoms with Crippen LogP contribution >= 0.6 is 11.6 Å². The fraction of sp³-hybridized carbons (Fsp3) is 0.714. The third-order valence-electron chi connectivity index (χ3n) is 8.27. The molecular weight excluding hydrogens is 336 g/mol. The fourth-order valence-electron chi connectivity index (χ4n) is 6.72. The molecule has 1 unspecified atom stereocenters. The van der Waals surface area contributed by atoms with Crippen LogP contribution in [0.4, 0.5) is 0 Å². The Morgan fingerprint density at radius 1 is 1.24 bits per heavy atom. The molecular formula is C21H27ClO3. The molecule has 0 bridgehead atoms. The van der Waals surface area contributed by atoms with Crippen LogP contribution in [-0.2, 0) is 9.59 Å². The van der Waals surface area contributed by atoms with Gasteiger partial charge in [-0.25, -0.2) is 0 Å². The topological polar surface area (TPSA) is 54.4 Å². The molecule has 4 aliphatic carbocycles. The number of carbonyl (C=O) groups excluding carboxylic acids is 2. The summed E-state index contributed by atoms with van der Waals surface area (Å²) >= 11 is 6.88. The molecule has 4 heteroatoms. The summed E-state index contributed by atoms with van der Waals surface area (Å²) in [5.74, 6) is 0.850. The van der Waals surface area contributed by atoms with Gasteiger partial charge in [0.1, 0.15) is 5.60 Å². The summed E-state index contributed by atoms with van der Waals surface area (Å²) in [6, 6.07) is 0. The molecule has 7 atom stereocenters. The summed E-state index contributed by atoms with van der Waals surface area (Å²) in [5, 5.41) is 11.1. The van der Waals surface area contributed by atoms with Crippen molar-refractivity contribution in [3.8, 4) is 0 Å². The lowest BCUT2D eigenvalue weighted by molar-refractivity contribution is -0.158. The summed E-state index contributed by atoms with van der Waals surface area (Å²) in [4.78, 5) is 24.1. The lowest BCUT2D eigenvalue weighted by Gasteiger charge is -2.59. The molecule has 4 rings (SSSR count). The molecule has 0 amide bonds. The van der Waals surface area contributed by atoms with Crippen molar-refractivity contribution in [2.75, 3.05) is 0 Å². The van der Waals surface area contributed by atoms with E-state index in [1.807, 2.05) is 0 Å². The van der Waals surface area contributed by atoms with Gasteiger partial charge in [0.05, 0.1) is 0 Å². The van der Waals surface area contributed by atoms with E-state index < -0.39 is 5.60 Å². The predicted molar refractivity (Wildman–Crippen MR) is 97.3 cm³/mol. The molecule has 0 aromatic heterocycles. The van der Waals surface area contributed by atoms with Gasteiger partial charge in [-0.15, -0.1) is 11.6 Å². The number of hydrogen-bond donors (Lipinski definition) is 1. The van der Waals surface area contributed by atoms with Crippen LogP contribution in [0.3, 0.4) is 0 Å². The summed E-state index contributed by atoms with van der Waals surface area (Å²) in [7, 11) is 0. The second-order valence-corrected chi connectivity index (χ2v) is 9.67. The van der Waals surface area contributed by atoms with Gasteiger partial charge in [0.2, 0.25) is 0 Å². The molecule has 4 aliphatic rings. The molecule has 25 heavy (non-hydrogen) atoms. The normalized spacial score (nSPS) is 51.4. The second-order valence-electron chi connectivity index (χ2n) is 9.11. The minimum Gasteiger partial charge on any atom is -0.382 e. The third-order valence-corrected chi connectivity index (χ3v) is 8.72. The van der Waals surface area contributed by atoms with E-state index >= 15 is 0 Å². The number of carbonyl (C=O) groups is 2. The number of ketones is 2. The molecule has 1 N–H and O–H groups in total. The van der Waals surface area contributed by atoms with Gasteiger partial charge < -0.3 is 5.11 Å². The summed E-state index contributed by atoms with van der Waals surface area (Å²) in [6.45, 7) is 5.85. The van der Waals surface area contributed by atoms with Crippen LogP contribution < -0.4 is 0 Å². The van der Waals surface area contributed by atoms with E-state index in [9.17, 15) is 14.7 Å². The number of Topliss-reactive ketones (excluding diaryl/α,β-unsaturated/α-hetero) is 1. The highest BCUT2D eigenvalue weighted by atomic mass is 35.5. The Labute approximate surface area is 154 Å². The number of aliphatic hydroxyl groups is 1. The van der Waals surface area contributed by atoms with Gasteiger partial charge in [-0.2, -0.15) is 0 Å². The van der Waals surface area contributed by atoms with E-state index in [1.165, 1.54) is 6.92 Å². The van der Waals surface area contributed by atoms with Crippen LogP contribution in [0.1, 0.15) is 52.9 Å². The van der Waals surface area contributed by atoms with Crippen molar-refractivity contribution >= 4 is 23.2 Å². The van der Waals surface area contributed by atoms with Crippen LogP contribution in [0.15, 0.2) is 23.8 Å². The second kappa shape index (κ2) is 5.29. The molecule has 0 heterocycles. The van der Waals surface area contributed by atoms with Crippen LogP contribution in [-0.4, -0.2) is 27.7 Å². The van der Waals surface area contributed by atoms with Crippen LogP contribution in [0.5, 0.6) is 0 Å². The third kappa shape index (κ3) is 2.09. The molecule has 0 radical (unpaired) electrons. The van der Waals surface area contributed by atoms with E-state index in [2.05, 4.69) is 19.9 Å². The van der Waals surface area contributed by atoms with E-state index in [0.29, 0.717) is 12.3 Å². The fourth-order valence-corrected chi connectivity index (χ4v) is 7.24. The van der Waals surface area contributed by atoms with Crippen LogP contribution in [0.2, 0.25) is 0 Å². The largest absolute Gasteiger partial charge is 0.382 e. The van der Waals surface area contributed by atoms with Crippen molar-refractivity contribution in [1.29, 1.82) is 0 Å². The SMILES string of the molecule is CC(=O)[C@@]1(O)CC[C@H]2[C@@H]3C(Cl)CC4=CC(=O)C=C[C@]4(C)[C@H]3CC[C@@]21C. The Kier molecular flexibility index (Phi) is 3.70. The number of alkyl halides is 1. The Morgan fingerprint density at radius 2 is 1.92 bits per heavy atom. The maximum Gasteiger partial charge on any atom is 0.178 e. The Morgan fingerprint density at radius 3 is 2.60 bits per heavy atom. The van der Waals surface area contributed by atoms with E-state index in [0.717, 1.165) is 31.3 Å². The molecule has 3 nitrogen and oxygen atoms in total. The molecule has 3 fully saturated rings. The minimum atomic E-state index is -1.21. The van der Waals surface area contributed by atoms with E-state index in [4.69, 9.17) is 11.6 Å². The number of allylic oxidation sites excluding steroid dienone is 4. The van der Waals surface area contributed by atoms with Gasteiger partial charge in [0.15, 0.2) is 11.6 Å². The van der Waals surface area contributed by atoms with E-state index in [-0.39, 0.29) is 39.6 Å². The molecule has 136 valence electrons. The maximum absolute atomic E-state index is 12.3. The van der Waals surface area contributed by atoms with Crippen molar-refractivity contribution in [3.63, 3.8) is 0 Å². The molecule has 3 saturated carbocycles. The van der Waals surface area contributed by atoms with Crippen molar-refractivity contribution in [2.45, 2.75) is 63.9 Å². The smallest absolute Gasteiger partial charge is 0.178 e. The van der Waals surface area contributed by atoms with Crippen molar-refractivity contribution in [1.82, 2.24) is 0 Å². The van der Waals surface area contributed by atoms with Crippen molar-refractivity contribution in [3.05, 3.63) is 23.8 Å². The Bertz CT molecular complexity index is 710. The average molecular weight is 363 g/mol. The van der Waals surface area contributed by atoms with Gasteiger partial charge in [-0.05, 0) is 68.9 Å². The first-order valence-electron chi connectivity index (χ1n) is 9.45. The summed E-state index contributed by atoms with van der Waals surface area (Å²) in [6.07, 6.45) is 9.45. The lowest BCUT2D eigenvalue weighted by Crippen LogP contribution is -2.58. The Balaban J connectivity index is 1.76. The maximum atomic E-state index is 12.3. The van der Waals surface area contributed by atoms with Crippen molar-refractivity contribution < 1.29 is 14.7 Å². The van der Waals surface area contributed by atoms with Gasteiger partial charge in [-0.3, -0.25) is 9.59 Å². The quantitative estimate of drug-likeness (QED) is 0.721. The van der Waals surface area contributed by atoms with E-state index in [1.54, 1.807) is 12.2 Å². The first kappa shape index (κ1) is 17.5. The van der Waals surface area contributed by atoms with Gasteiger partial charge in [-0.1, -0.05) is 25.5 Å². The van der Waals surface area contributed by atoms with Crippen LogP contribution in [0.25, 0.3) is 0 Å². The highest BCUT2D eigenvalue weighted by molar-refractivity contribution is 6.21. The predicted octanol–water partition coefficient (Wildman–Crippen LogP) is 3.83. The van der Waals surface area contributed by atoms with Gasteiger partial charge in [0, 0.05) is 16.2 Å². The number of rotatable bonds is 1. The standard InChI is InChI=1S/C21H27ClO3/c1-12(23)21(25)9-6-16-18-15(5-8-20(16,21)3)19(2)7-4-14(24)10-13(19)11-17(18)22/h4,7,10,15-18,25H,5-6,8-9,11H2,1-3H3/t15-,16-,17?,18+,19-,20-,21-/m0/s1. The molecule has 0 aliphatic heterocycles. The zero-order valence-corrected chi connectivity index (χ0v) is 16.0. The summed E-state index contributed by atoms with van der Waals surface area (Å²) < 4.78 is 0. The first-order valence-corrected chi connectivity index (χ1v) is 9.89. The molecule has 0 spiro atoms. The zero-order chi connectivity index (χ0) is 18.2. The molecule has 0 aromatic carbocycles. The van der Waals surface area contributed by atoms with Gasteiger partial charge >= 0.3 is 0 Å². The minimum absolute atomic E-state index is 0.0393. The highest BCUT2D eigenvalue weighted by Crippen LogP contribution is 2.67. The molecule has 0 saturated heterocycles. The van der Waals surface area contributed by atoms with Gasteiger partial charge in [0.25, 0.3) is 0 Å². The summed E-state index contributed by atoms with van der Waals surface area (Å²) in [5.41, 5.74) is -0.569. The number of fused-ring (bicyclic) bond motifs is 5. The van der Waals surface area contributed by atoms with Crippen molar-refractivity contribution in [2.24, 2.45) is 28.6 Å².